The van der Waals surface area contributed by atoms with Crippen LogP contribution >= 0.6 is 23.2 Å². The number of esters is 1. The topological polar surface area (TPSA) is 60.4 Å². The van der Waals surface area contributed by atoms with Crippen molar-refractivity contribution in [3.05, 3.63) is 58.3 Å². The van der Waals surface area contributed by atoms with Gasteiger partial charge in [0.05, 0.1) is 9.92 Å². The molecule has 1 unspecified atom stereocenters. The molecule has 2 rings (SSSR count). The molecular weight excluding hydrogens is 366 g/mol. The molecule has 0 aromatic heterocycles. The summed E-state index contributed by atoms with van der Waals surface area (Å²) in [5, 5.41) is -1.06. The van der Waals surface area contributed by atoms with Crippen LogP contribution < -0.4 is 4.74 Å². The summed E-state index contributed by atoms with van der Waals surface area (Å²) < 4.78 is 42.6. The lowest BCUT2D eigenvalue weighted by Crippen LogP contribution is -2.31. The minimum atomic E-state index is -4.01. The van der Waals surface area contributed by atoms with E-state index in [9.17, 15) is 17.6 Å². The van der Waals surface area contributed by atoms with Crippen LogP contribution in [0.5, 0.6) is 5.75 Å². The predicted octanol–water partition coefficient (Wildman–Crippen LogP) is 3.90. The molecule has 122 valence electrons. The fourth-order valence-electron chi connectivity index (χ4n) is 1.70. The molecule has 0 radical (unpaired) electrons. The van der Waals surface area contributed by atoms with Gasteiger partial charge in [0.25, 0.3) is 0 Å². The van der Waals surface area contributed by atoms with E-state index in [1.54, 1.807) is 0 Å². The van der Waals surface area contributed by atoms with Gasteiger partial charge in [0.15, 0.2) is 15.1 Å². The van der Waals surface area contributed by atoms with Gasteiger partial charge >= 0.3 is 5.97 Å². The van der Waals surface area contributed by atoms with E-state index >= 15 is 0 Å². The Morgan fingerprint density at radius 3 is 2.30 bits per heavy atom. The highest BCUT2D eigenvalue weighted by Crippen LogP contribution is 2.28. The Hall–Kier alpha value is -1.63. The predicted molar refractivity (Wildman–Crippen MR) is 85.1 cm³/mol. The van der Waals surface area contributed by atoms with E-state index in [0.717, 1.165) is 24.3 Å². The highest BCUT2D eigenvalue weighted by atomic mass is 35.5. The van der Waals surface area contributed by atoms with Crippen molar-refractivity contribution >= 4 is 39.0 Å². The highest BCUT2D eigenvalue weighted by Gasteiger charge is 2.31. The van der Waals surface area contributed by atoms with Gasteiger partial charge in [0, 0.05) is 5.02 Å². The second kappa shape index (κ2) is 6.86. The number of hydrogen-bond acceptors (Lipinski definition) is 4. The number of rotatable bonds is 4. The zero-order chi connectivity index (χ0) is 17.2. The van der Waals surface area contributed by atoms with Crippen molar-refractivity contribution < 1.29 is 22.3 Å². The summed E-state index contributed by atoms with van der Waals surface area (Å²) in [6.45, 7) is 1.19. The first-order valence-corrected chi connectivity index (χ1v) is 8.68. The van der Waals surface area contributed by atoms with Crippen LogP contribution in [0.15, 0.2) is 47.4 Å². The van der Waals surface area contributed by atoms with Gasteiger partial charge in [-0.3, -0.25) is 4.79 Å². The molecule has 0 aliphatic rings. The molecule has 8 heteroatoms. The van der Waals surface area contributed by atoms with Crippen molar-refractivity contribution in [2.45, 2.75) is 17.1 Å². The lowest BCUT2D eigenvalue weighted by molar-refractivity contribution is -0.133. The smallest absolute Gasteiger partial charge is 0.329 e. The third kappa shape index (κ3) is 4.02. The number of sulfone groups is 1. The zero-order valence-electron chi connectivity index (χ0n) is 11.8. The van der Waals surface area contributed by atoms with E-state index in [1.807, 2.05) is 0 Å². The Bertz CT molecular complexity index is 835. The number of benzene rings is 2. The lowest BCUT2D eigenvalue weighted by Gasteiger charge is -2.13. The van der Waals surface area contributed by atoms with Crippen molar-refractivity contribution in [2.24, 2.45) is 0 Å². The van der Waals surface area contributed by atoms with Gasteiger partial charge in [-0.25, -0.2) is 12.8 Å². The summed E-state index contributed by atoms with van der Waals surface area (Å²) >= 11 is 11.6. The monoisotopic (exact) mass is 376 g/mol. The second-order valence-electron chi connectivity index (χ2n) is 4.64. The zero-order valence-corrected chi connectivity index (χ0v) is 14.1. The van der Waals surface area contributed by atoms with Gasteiger partial charge in [0.2, 0.25) is 0 Å². The quantitative estimate of drug-likeness (QED) is 0.461. The molecule has 2 aromatic carbocycles. The van der Waals surface area contributed by atoms with Crippen LogP contribution in [-0.2, 0) is 14.6 Å². The van der Waals surface area contributed by atoms with Crippen molar-refractivity contribution in [2.75, 3.05) is 0 Å². The molecule has 0 N–H and O–H groups in total. The number of carbonyl (C=O) groups excluding carboxylic acids is 1. The molecule has 0 saturated carbocycles. The fraction of sp³-hybridized carbons (Fsp3) is 0.133. The fourth-order valence-corrected chi connectivity index (χ4v) is 3.38. The summed E-state index contributed by atoms with van der Waals surface area (Å²) in [7, 11) is -4.01. The molecule has 0 saturated heterocycles. The Labute approximate surface area is 142 Å². The first kappa shape index (κ1) is 17.7. The van der Waals surface area contributed by atoms with E-state index in [4.69, 9.17) is 27.9 Å². The van der Waals surface area contributed by atoms with Gasteiger partial charge in [0.1, 0.15) is 11.6 Å². The van der Waals surface area contributed by atoms with Crippen LogP contribution in [0.4, 0.5) is 4.39 Å². The first-order chi connectivity index (χ1) is 10.7. The molecule has 0 fully saturated rings. The Kier molecular flexibility index (Phi) is 5.29. The average Bonchev–Trinajstić information content (AvgIpc) is 2.49. The third-order valence-electron chi connectivity index (χ3n) is 3.04. The normalized spacial score (nSPS) is 12.7. The first-order valence-electron chi connectivity index (χ1n) is 6.38. The molecule has 0 spiro atoms. The molecular formula is C15H11Cl2FO4S. The Morgan fingerprint density at radius 1 is 1.13 bits per heavy atom. The minimum Gasteiger partial charge on any atom is -0.424 e. The maximum absolute atomic E-state index is 12.9. The molecule has 23 heavy (non-hydrogen) atoms. The molecule has 4 nitrogen and oxygen atoms in total. The van der Waals surface area contributed by atoms with Crippen molar-refractivity contribution in [1.29, 1.82) is 0 Å². The average molecular weight is 377 g/mol. The number of ether oxygens (including phenoxy) is 1. The van der Waals surface area contributed by atoms with Crippen LogP contribution in [0.3, 0.4) is 0 Å². The molecule has 0 aliphatic heterocycles. The van der Waals surface area contributed by atoms with Gasteiger partial charge < -0.3 is 4.74 Å². The molecule has 0 heterocycles. The Morgan fingerprint density at radius 2 is 1.74 bits per heavy atom. The maximum atomic E-state index is 12.9. The highest BCUT2D eigenvalue weighted by molar-refractivity contribution is 7.92. The van der Waals surface area contributed by atoms with E-state index in [1.165, 1.54) is 25.1 Å². The van der Waals surface area contributed by atoms with E-state index in [0.29, 0.717) is 5.02 Å². The van der Waals surface area contributed by atoms with Gasteiger partial charge in [-0.05, 0) is 49.4 Å². The van der Waals surface area contributed by atoms with E-state index in [2.05, 4.69) is 0 Å². The SMILES string of the molecule is CC(C(=O)Oc1ccc(Cl)cc1Cl)S(=O)(=O)c1ccc(F)cc1. The molecule has 0 bridgehead atoms. The summed E-state index contributed by atoms with van der Waals surface area (Å²) in [6.07, 6.45) is 0. The minimum absolute atomic E-state index is 0.00206. The van der Waals surface area contributed by atoms with Crippen LogP contribution in [0.1, 0.15) is 6.92 Å². The summed E-state index contributed by atoms with van der Waals surface area (Å²) in [5.41, 5.74) is 0. The molecule has 2 aromatic rings. The van der Waals surface area contributed by atoms with E-state index in [-0.39, 0.29) is 15.7 Å². The molecule has 0 amide bonds. The van der Waals surface area contributed by atoms with E-state index < -0.39 is 26.9 Å². The van der Waals surface area contributed by atoms with Gasteiger partial charge in [-0.15, -0.1) is 0 Å². The number of hydrogen-bond donors (Lipinski definition) is 0. The summed E-state index contributed by atoms with van der Waals surface area (Å²) in [5.74, 6) is -1.58. The largest absolute Gasteiger partial charge is 0.424 e. The van der Waals surface area contributed by atoms with Crippen LogP contribution in [0, 0.1) is 5.82 Å². The number of carbonyl (C=O) groups is 1. The van der Waals surface area contributed by atoms with Crippen LogP contribution in [0.25, 0.3) is 0 Å². The van der Waals surface area contributed by atoms with Crippen LogP contribution in [0.2, 0.25) is 10.0 Å². The van der Waals surface area contributed by atoms with Gasteiger partial charge in [-0.2, -0.15) is 0 Å². The van der Waals surface area contributed by atoms with Gasteiger partial charge in [-0.1, -0.05) is 23.2 Å². The third-order valence-corrected chi connectivity index (χ3v) is 5.63. The van der Waals surface area contributed by atoms with Crippen molar-refractivity contribution in [3.8, 4) is 5.75 Å². The Balaban J connectivity index is 2.23. The van der Waals surface area contributed by atoms with Crippen molar-refractivity contribution in [1.82, 2.24) is 0 Å². The summed E-state index contributed by atoms with van der Waals surface area (Å²) in [6, 6.07) is 8.36. The second-order valence-corrected chi connectivity index (χ2v) is 7.75. The lowest BCUT2D eigenvalue weighted by atomic mass is 10.3. The van der Waals surface area contributed by atoms with Crippen molar-refractivity contribution in [3.63, 3.8) is 0 Å². The molecule has 1 atom stereocenters. The maximum Gasteiger partial charge on any atom is 0.329 e. The number of halogens is 3. The molecule has 0 aliphatic carbocycles. The standard InChI is InChI=1S/C15H11Cl2FO4S/c1-9(23(20,21)12-5-3-11(18)4-6-12)15(19)22-14-7-2-10(16)8-13(14)17/h2-9H,1H3. The summed E-state index contributed by atoms with van der Waals surface area (Å²) in [4.78, 5) is 11.9. The van der Waals surface area contributed by atoms with Crippen LogP contribution in [-0.4, -0.2) is 19.6 Å².